The third kappa shape index (κ3) is 3.71. The largest absolute Gasteiger partial charge is 0.481 e. The molecule has 20 heavy (non-hydrogen) atoms. The third-order valence-corrected chi connectivity index (χ3v) is 3.40. The highest BCUT2D eigenvalue weighted by molar-refractivity contribution is 5.69. The highest BCUT2D eigenvalue weighted by Gasteiger charge is 2.41. The maximum Gasteiger partial charge on any atom is 0.407 e. The molecule has 0 aromatic heterocycles. The lowest BCUT2D eigenvalue weighted by atomic mass is 9.75. The van der Waals surface area contributed by atoms with E-state index in [-0.39, 0.29) is 18.9 Å². The van der Waals surface area contributed by atoms with Gasteiger partial charge >= 0.3 is 12.1 Å². The first-order valence-electron chi connectivity index (χ1n) is 6.43. The van der Waals surface area contributed by atoms with E-state index >= 15 is 0 Å². The van der Waals surface area contributed by atoms with Crippen molar-refractivity contribution in [1.29, 1.82) is 0 Å². The summed E-state index contributed by atoms with van der Waals surface area (Å²) in [5.74, 6) is -1.24. The Labute approximate surface area is 116 Å². The number of amides is 1. The fourth-order valence-electron chi connectivity index (χ4n) is 2.23. The fourth-order valence-corrected chi connectivity index (χ4v) is 2.23. The van der Waals surface area contributed by atoms with E-state index in [0.717, 1.165) is 5.56 Å². The smallest absolute Gasteiger partial charge is 0.407 e. The molecule has 0 spiro atoms. The molecule has 1 aromatic carbocycles. The molecule has 1 fully saturated rings. The van der Waals surface area contributed by atoms with Crippen molar-refractivity contribution in [2.75, 3.05) is 0 Å². The number of rotatable bonds is 5. The first-order valence-corrected chi connectivity index (χ1v) is 6.43. The molecule has 0 heterocycles. The van der Waals surface area contributed by atoms with E-state index in [1.165, 1.54) is 0 Å². The summed E-state index contributed by atoms with van der Waals surface area (Å²) >= 11 is 0. The van der Waals surface area contributed by atoms with E-state index < -0.39 is 24.2 Å². The van der Waals surface area contributed by atoms with E-state index in [2.05, 4.69) is 5.32 Å². The Kier molecular flexibility index (Phi) is 4.57. The second kappa shape index (κ2) is 6.38. The molecule has 1 aliphatic carbocycles. The van der Waals surface area contributed by atoms with Crippen molar-refractivity contribution in [2.24, 2.45) is 5.92 Å². The zero-order valence-electron chi connectivity index (χ0n) is 10.9. The minimum Gasteiger partial charge on any atom is -0.481 e. The van der Waals surface area contributed by atoms with Crippen molar-refractivity contribution >= 4 is 12.1 Å². The molecular formula is C14H17NO5. The van der Waals surface area contributed by atoms with Crippen molar-refractivity contribution in [3.8, 4) is 0 Å². The van der Waals surface area contributed by atoms with Gasteiger partial charge in [-0.1, -0.05) is 30.3 Å². The van der Waals surface area contributed by atoms with Gasteiger partial charge < -0.3 is 20.3 Å². The van der Waals surface area contributed by atoms with Gasteiger partial charge in [-0.15, -0.1) is 0 Å². The number of benzene rings is 1. The molecule has 0 bridgehead atoms. The summed E-state index contributed by atoms with van der Waals surface area (Å²) in [4.78, 5) is 22.0. The molecule has 108 valence electrons. The van der Waals surface area contributed by atoms with Gasteiger partial charge in [0.25, 0.3) is 0 Å². The number of aliphatic hydroxyl groups excluding tert-OH is 1. The van der Waals surface area contributed by atoms with E-state index in [1.807, 2.05) is 30.3 Å². The number of carbonyl (C=O) groups excluding carboxylic acids is 1. The number of alkyl carbamates (subject to hydrolysis) is 1. The van der Waals surface area contributed by atoms with Crippen LogP contribution < -0.4 is 5.32 Å². The van der Waals surface area contributed by atoms with Crippen LogP contribution in [0.25, 0.3) is 0 Å². The Morgan fingerprint density at radius 2 is 2.00 bits per heavy atom. The van der Waals surface area contributed by atoms with Gasteiger partial charge in [-0.25, -0.2) is 4.79 Å². The Morgan fingerprint density at radius 1 is 1.30 bits per heavy atom. The van der Waals surface area contributed by atoms with Crippen LogP contribution in [0.4, 0.5) is 4.79 Å². The third-order valence-electron chi connectivity index (χ3n) is 3.40. The summed E-state index contributed by atoms with van der Waals surface area (Å²) in [6.45, 7) is 0.161. The number of carbonyl (C=O) groups is 2. The van der Waals surface area contributed by atoms with Gasteiger partial charge in [-0.2, -0.15) is 0 Å². The molecule has 3 atom stereocenters. The summed E-state index contributed by atoms with van der Waals surface area (Å²) in [6, 6.07) is 8.83. The highest BCUT2D eigenvalue weighted by Crippen LogP contribution is 2.30. The molecule has 0 aliphatic heterocycles. The fraction of sp³-hybridized carbons (Fsp3) is 0.429. The number of carboxylic acids is 1. The predicted octanol–water partition coefficient (Wildman–Crippen LogP) is 1.14. The normalized spacial score (nSPS) is 24.6. The first kappa shape index (κ1) is 14.3. The molecule has 2 rings (SSSR count). The van der Waals surface area contributed by atoms with Crippen molar-refractivity contribution in [3.63, 3.8) is 0 Å². The number of aliphatic carboxylic acids is 1. The van der Waals surface area contributed by atoms with Gasteiger partial charge in [-0.3, -0.25) is 4.79 Å². The average molecular weight is 279 g/mol. The Balaban J connectivity index is 1.70. The molecule has 0 saturated heterocycles. The van der Waals surface area contributed by atoms with Gasteiger partial charge in [-0.05, 0) is 17.9 Å². The van der Waals surface area contributed by atoms with Crippen LogP contribution in [0.1, 0.15) is 18.4 Å². The number of hydrogen-bond acceptors (Lipinski definition) is 4. The summed E-state index contributed by atoms with van der Waals surface area (Å²) in [7, 11) is 0. The van der Waals surface area contributed by atoms with E-state index in [0.29, 0.717) is 6.42 Å². The lowest BCUT2D eigenvalue weighted by Gasteiger charge is -2.40. The lowest BCUT2D eigenvalue weighted by molar-refractivity contribution is -0.141. The van der Waals surface area contributed by atoms with Gasteiger partial charge in [0.1, 0.15) is 6.61 Å². The number of nitrogens with one attached hydrogen (secondary N) is 1. The minimum atomic E-state index is -0.945. The number of ether oxygens (including phenoxy) is 1. The van der Waals surface area contributed by atoms with Crippen LogP contribution in [-0.2, 0) is 16.1 Å². The van der Waals surface area contributed by atoms with Gasteiger partial charge in [0.2, 0.25) is 0 Å². The molecule has 3 N–H and O–H groups in total. The van der Waals surface area contributed by atoms with Crippen LogP contribution >= 0.6 is 0 Å². The standard InChI is InChI=1S/C14H17NO5/c16-12(17)7-10-6-11(13(10)18)15-14(19)20-8-9-4-2-1-3-5-9/h1-5,10-11,13,18H,6-8H2,(H,15,19)(H,16,17). The maximum atomic E-state index is 11.5. The van der Waals surface area contributed by atoms with Crippen molar-refractivity contribution in [2.45, 2.75) is 31.6 Å². The molecule has 1 aliphatic rings. The van der Waals surface area contributed by atoms with Gasteiger partial charge in [0, 0.05) is 0 Å². The quantitative estimate of drug-likeness (QED) is 0.751. The van der Waals surface area contributed by atoms with Crippen LogP contribution in [0, 0.1) is 5.92 Å². The number of aliphatic hydroxyl groups is 1. The Morgan fingerprint density at radius 3 is 2.60 bits per heavy atom. The lowest BCUT2D eigenvalue weighted by Crippen LogP contribution is -2.56. The van der Waals surface area contributed by atoms with Crippen molar-refractivity contribution in [3.05, 3.63) is 35.9 Å². The van der Waals surface area contributed by atoms with Crippen molar-refractivity contribution in [1.82, 2.24) is 5.32 Å². The molecule has 1 amide bonds. The summed E-state index contributed by atoms with van der Waals surface area (Å²) in [5, 5.41) is 20.9. The van der Waals surface area contributed by atoms with E-state index in [4.69, 9.17) is 9.84 Å². The molecule has 3 unspecified atom stereocenters. The van der Waals surface area contributed by atoms with Crippen LogP contribution in [-0.4, -0.2) is 34.4 Å². The Hall–Kier alpha value is -2.08. The molecule has 6 nitrogen and oxygen atoms in total. The second-order valence-corrected chi connectivity index (χ2v) is 4.90. The first-order chi connectivity index (χ1) is 9.56. The maximum absolute atomic E-state index is 11.5. The molecular weight excluding hydrogens is 262 g/mol. The number of hydrogen-bond donors (Lipinski definition) is 3. The summed E-state index contributed by atoms with van der Waals surface area (Å²) in [5.41, 5.74) is 0.876. The predicted molar refractivity (Wildman–Crippen MR) is 69.9 cm³/mol. The van der Waals surface area contributed by atoms with Gasteiger partial charge in [0.05, 0.1) is 18.6 Å². The second-order valence-electron chi connectivity index (χ2n) is 4.90. The minimum absolute atomic E-state index is 0.0849. The van der Waals surface area contributed by atoms with Crippen LogP contribution in [0.2, 0.25) is 0 Å². The molecule has 0 radical (unpaired) electrons. The van der Waals surface area contributed by atoms with Crippen LogP contribution in [0.5, 0.6) is 0 Å². The number of carboxylic acid groups (broad SMARTS) is 1. The van der Waals surface area contributed by atoms with E-state index in [9.17, 15) is 14.7 Å². The molecule has 1 aromatic rings. The molecule has 1 saturated carbocycles. The summed E-state index contributed by atoms with van der Waals surface area (Å²) < 4.78 is 5.02. The zero-order valence-corrected chi connectivity index (χ0v) is 10.9. The highest BCUT2D eigenvalue weighted by atomic mass is 16.5. The SMILES string of the molecule is O=C(O)CC1CC(NC(=O)OCc2ccccc2)C1O. The summed E-state index contributed by atoms with van der Waals surface area (Å²) in [6.07, 6.45) is -1.06. The topological polar surface area (TPSA) is 95.9 Å². The van der Waals surface area contributed by atoms with Crippen LogP contribution in [0.3, 0.4) is 0 Å². The monoisotopic (exact) mass is 279 g/mol. The zero-order chi connectivity index (χ0) is 14.5. The molecule has 6 heteroatoms. The average Bonchev–Trinajstić information content (AvgIpc) is 2.44. The van der Waals surface area contributed by atoms with Crippen LogP contribution in [0.15, 0.2) is 30.3 Å². The Bertz CT molecular complexity index is 476. The van der Waals surface area contributed by atoms with E-state index in [1.54, 1.807) is 0 Å². The van der Waals surface area contributed by atoms with Gasteiger partial charge in [0.15, 0.2) is 0 Å². The van der Waals surface area contributed by atoms with Crippen molar-refractivity contribution < 1.29 is 24.5 Å².